The van der Waals surface area contributed by atoms with Crippen molar-refractivity contribution in [3.63, 3.8) is 0 Å². The molecule has 1 aliphatic rings. The number of hydrogen-bond acceptors (Lipinski definition) is 3. The van der Waals surface area contributed by atoms with E-state index < -0.39 is 6.04 Å². The molecule has 1 aliphatic heterocycles. The molecule has 0 aromatic heterocycles. The third-order valence-electron chi connectivity index (χ3n) is 2.51. The molecule has 1 fully saturated rings. The van der Waals surface area contributed by atoms with Gasteiger partial charge in [-0.05, 0) is 5.56 Å². The molecular weight excluding hydrogens is 204 g/mol. The highest BCUT2D eigenvalue weighted by atomic mass is 16.2. The number of hydrogen-bond donors (Lipinski definition) is 2. The van der Waals surface area contributed by atoms with Crippen LogP contribution in [0.1, 0.15) is 5.56 Å². The van der Waals surface area contributed by atoms with Crippen LogP contribution in [0.4, 0.5) is 0 Å². The Kier molecular flexibility index (Phi) is 2.87. The number of rotatable bonds is 2. The standard InChI is InChI=1S/C11H14N4O/c12-9-7-15(10(9)16)11(13)14-6-8-4-2-1-3-5-8/h1-5,9H,6-7,12H2,(H2,13,14). The summed E-state index contributed by atoms with van der Waals surface area (Å²) in [6.07, 6.45) is 0. The predicted molar refractivity (Wildman–Crippen MR) is 61.5 cm³/mol. The number of β-lactam (4-membered cyclic amide) rings is 1. The highest BCUT2D eigenvalue weighted by Crippen LogP contribution is 2.08. The van der Waals surface area contributed by atoms with Crippen molar-refractivity contribution in [3.8, 4) is 0 Å². The van der Waals surface area contributed by atoms with Crippen LogP contribution in [0.2, 0.25) is 0 Å². The van der Waals surface area contributed by atoms with Crippen molar-refractivity contribution in [2.24, 2.45) is 16.5 Å². The number of carbonyl (C=O) groups is 1. The van der Waals surface area contributed by atoms with Crippen LogP contribution in [0.25, 0.3) is 0 Å². The van der Waals surface area contributed by atoms with Crippen molar-refractivity contribution in [3.05, 3.63) is 35.9 Å². The summed E-state index contributed by atoms with van der Waals surface area (Å²) in [4.78, 5) is 16.8. The minimum absolute atomic E-state index is 0.158. The number of likely N-dealkylation sites (tertiary alicyclic amines) is 1. The SMILES string of the molecule is NC(=NCc1ccccc1)N1CC(N)C1=O. The topological polar surface area (TPSA) is 84.7 Å². The first-order valence-corrected chi connectivity index (χ1v) is 5.09. The maximum atomic E-state index is 11.3. The molecule has 5 heteroatoms. The lowest BCUT2D eigenvalue weighted by Gasteiger charge is -2.34. The van der Waals surface area contributed by atoms with Crippen LogP contribution in [0.5, 0.6) is 0 Å². The first-order valence-electron chi connectivity index (χ1n) is 5.09. The molecule has 1 atom stereocenters. The molecule has 0 spiro atoms. The first-order chi connectivity index (χ1) is 7.68. The Morgan fingerprint density at radius 2 is 2.12 bits per heavy atom. The second kappa shape index (κ2) is 4.32. The summed E-state index contributed by atoms with van der Waals surface area (Å²) in [6, 6.07) is 9.32. The molecule has 16 heavy (non-hydrogen) atoms. The molecule has 0 radical (unpaired) electrons. The highest BCUT2D eigenvalue weighted by Gasteiger charge is 2.35. The van der Waals surface area contributed by atoms with Crippen LogP contribution in [-0.2, 0) is 11.3 Å². The second-order valence-electron chi connectivity index (χ2n) is 3.72. The second-order valence-corrected chi connectivity index (χ2v) is 3.72. The van der Waals surface area contributed by atoms with E-state index in [1.165, 1.54) is 4.90 Å². The summed E-state index contributed by atoms with van der Waals surface area (Å²) in [5, 5.41) is 0. The number of nitrogens with two attached hydrogens (primary N) is 2. The zero-order valence-electron chi connectivity index (χ0n) is 8.84. The molecule has 1 heterocycles. The molecule has 5 nitrogen and oxygen atoms in total. The van der Waals surface area contributed by atoms with E-state index in [1.54, 1.807) is 0 Å². The Bertz CT molecular complexity index is 415. The Morgan fingerprint density at radius 1 is 1.44 bits per heavy atom. The van der Waals surface area contributed by atoms with Gasteiger partial charge in [-0.15, -0.1) is 0 Å². The molecule has 1 amide bonds. The smallest absolute Gasteiger partial charge is 0.248 e. The van der Waals surface area contributed by atoms with Gasteiger partial charge in [-0.2, -0.15) is 0 Å². The van der Waals surface area contributed by atoms with E-state index in [0.717, 1.165) is 5.56 Å². The number of amides is 1. The van der Waals surface area contributed by atoms with Crippen molar-refractivity contribution >= 4 is 11.9 Å². The molecule has 84 valence electrons. The number of benzene rings is 1. The highest BCUT2D eigenvalue weighted by molar-refractivity contribution is 6.03. The zero-order valence-corrected chi connectivity index (χ0v) is 8.84. The molecule has 1 saturated heterocycles. The van der Waals surface area contributed by atoms with Gasteiger partial charge in [0.15, 0.2) is 5.96 Å². The Labute approximate surface area is 93.7 Å². The molecule has 1 aromatic rings. The summed E-state index contributed by atoms with van der Waals surface area (Å²) in [5.41, 5.74) is 12.2. The Morgan fingerprint density at radius 3 is 2.69 bits per heavy atom. The van der Waals surface area contributed by atoms with Gasteiger partial charge in [0, 0.05) is 0 Å². The first kappa shape index (κ1) is 10.6. The van der Waals surface area contributed by atoms with Crippen molar-refractivity contribution in [2.45, 2.75) is 12.6 Å². The van der Waals surface area contributed by atoms with E-state index >= 15 is 0 Å². The largest absolute Gasteiger partial charge is 0.369 e. The van der Waals surface area contributed by atoms with Crippen molar-refractivity contribution in [1.82, 2.24) is 4.90 Å². The molecule has 4 N–H and O–H groups in total. The minimum atomic E-state index is -0.412. The van der Waals surface area contributed by atoms with E-state index in [-0.39, 0.29) is 11.9 Å². The lowest BCUT2D eigenvalue weighted by molar-refractivity contribution is -0.136. The Hall–Kier alpha value is -1.88. The third kappa shape index (κ3) is 2.04. The van der Waals surface area contributed by atoms with Gasteiger partial charge >= 0.3 is 0 Å². The molecule has 0 bridgehead atoms. The number of carbonyl (C=O) groups excluding carboxylic acids is 1. The summed E-state index contributed by atoms with van der Waals surface area (Å²) in [6.45, 7) is 0.939. The molecule has 0 saturated carbocycles. The van der Waals surface area contributed by atoms with Crippen LogP contribution in [0, 0.1) is 0 Å². The maximum absolute atomic E-state index is 11.3. The molecule has 0 aliphatic carbocycles. The summed E-state index contributed by atoms with van der Waals surface area (Å²) in [7, 11) is 0. The monoisotopic (exact) mass is 218 g/mol. The third-order valence-corrected chi connectivity index (χ3v) is 2.51. The van der Waals surface area contributed by atoms with E-state index in [9.17, 15) is 4.79 Å². The summed E-state index contributed by atoms with van der Waals surface area (Å²) in [5.74, 6) is 0.0878. The van der Waals surface area contributed by atoms with Gasteiger partial charge in [-0.25, -0.2) is 4.99 Å². The lowest BCUT2D eigenvalue weighted by Crippen LogP contribution is -2.64. The van der Waals surface area contributed by atoms with Gasteiger partial charge in [0.25, 0.3) is 0 Å². The van der Waals surface area contributed by atoms with Gasteiger partial charge < -0.3 is 11.5 Å². The molecule has 2 rings (SSSR count). The van der Waals surface area contributed by atoms with Crippen LogP contribution in [0.3, 0.4) is 0 Å². The van der Waals surface area contributed by atoms with Crippen molar-refractivity contribution < 1.29 is 4.79 Å². The summed E-state index contributed by atoms with van der Waals surface area (Å²) < 4.78 is 0. The van der Waals surface area contributed by atoms with Crippen LogP contribution >= 0.6 is 0 Å². The zero-order chi connectivity index (χ0) is 11.5. The minimum Gasteiger partial charge on any atom is -0.369 e. The van der Waals surface area contributed by atoms with E-state index in [4.69, 9.17) is 11.5 Å². The van der Waals surface area contributed by atoms with Gasteiger partial charge in [0.05, 0.1) is 13.1 Å². The van der Waals surface area contributed by atoms with E-state index in [2.05, 4.69) is 4.99 Å². The van der Waals surface area contributed by atoms with Gasteiger partial charge in [-0.3, -0.25) is 9.69 Å². The van der Waals surface area contributed by atoms with Gasteiger partial charge in [-0.1, -0.05) is 30.3 Å². The van der Waals surface area contributed by atoms with Crippen LogP contribution in [-0.4, -0.2) is 29.4 Å². The van der Waals surface area contributed by atoms with E-state index in [0.29, 0.717) is 13.1 Å². The fourth-order valence-electron chi connectivity index (χ4n) is 1.50. The lowest BCUT2D eigenvalue weighted by atomic mass is 10.1. The van der Waals surface area contributed by atoms with Crippen LogP contribution in [0.15, 0.2) is 35.3 Å². The van der Waals surface area contributed by atoms with Gasteiger partial charge in [0.2, 0.25) is 5.91 Å². The average Bonchev–Trinajstić information content (AvgIpc) is 2.33. The normalized spacial score (nSPS) is 20.8. The van der Waals surface area contributed by atoms with Crippen LogP contribution < -0.4 is 11.5 Å². The number of aliphatic imine (C=N–C) groups is 1. The number of nitrogens with zero attached hydrogens (tertiary/aromatic N) is 2. The fraction of sp³-hybridized carbons (Fsp3) is 0.273. The van der Waals surface area contributed by atoms with Crippen molar-refractivity contribution in [2.75, 3.05) is 6.54 Å². The fourth-order valence-corrected chi connectivity index (χ4v) is 1.50. The molecular formula is C11H14N4O. The summed E-state index contributed by atoms with van der Waals surface area (Å²) >= 11 is 0. The maximum Gasteiger partial charge on any atom is 0.248 e. The van der Waals surface area contributed by atoms with Gasteiger partial charge in [0.1, 0.15) is 6.04 Å². The predicted octanol–water partition coefficient (Wildman–Crippen LogP) is -0.329. The number of guanidine groups is 1. The van der Waals surface area contributed by atoms with E-state index in [1.807, 2.05) is 30.3 Å². The van der Waals surface area contributed by atoms with Crippen molar-refractivity contribution in [1.29, 1.82) is 0 Å². The quantitative estimate of drug-likeness (QED) is 0.405. The average molecular weight is 218 g/mol. The molecule has 1 unspecified atom stereocenters. The molecule has 1 aromatic carbocycles. The Balaban J connectivity index is 1.96.